The van der Waals surface area contributed by atoms with Crippen LogP contribution in [0.3, 0.4) is 0 Å². The minimum Gasteiger partial charge on any atom is -0.383 e. The smallest absolute Gasteiger partial charge is 0.254 e. The molecule has 2 N–H and O–H groups in total. The summed E-state index contributed by atoms with van der Waals surface area (Å²) in [6, 6.07) is 0.0421. The van der Waals surface area contributed by atoms with Gasteiger partial charge in [-0.25, -0.2) is 0 Å². The van der Waals surface area contributed by atoms with E-state index in [-0.39, 0.29) is 17.9 Å². The van der Waals surface area contributed by atoms with Gasteiger partial charge >= 0.3 is 0 Å². The van der Waals surface area contributed by atoms with Gasteiger partial charge in [0.25, 0.3) is 5.91 Å². The summed E-state index contributed by atoms with van der Waals surface area (Å²) in [5, 5.41) is 10.1. The van der Waals surface area contributed by atoms with Crippen molar-refractivity contribution in [2.75, 3.05) is 20.3 Å². The maximum Gasteiger partial charge on any atom is 0.254 e. The maximum atomic E-state index is 12.1. The van der Waals surface area contributed by atoms with Gasteiger partial charge in [-0.1, -0.05) is 0 Å². The van der Waals surface area contributed by atoms with Gasteiger partial charge in [0.1, 0.15) is 0 Å². The third kappa shape index (κ3) is 3.47. The Morgan fingerprint density at radius 3 is 3.00 bits per heavy atom. The number of ether oxygens (including phenoxy) is 1. The van der Waals surface area contributed by atoms with Crippen molar-refractivity contribution in [2.45, 2.75) is 38.3 Å². The predicted molar refractivity (Wildman–Crippen MR) is 79.4 cm³/mol. The summed E-state index contributed by atoms with van der Waals surface area (Å²) in [7, 11) is 1.60. The average Bonchev–Trinajstić information content (AvgIpc) is 3.06. The van der Waals surface area contributed by atoms with Crippen LogP contribution in [0.15, 0.2) is 6.20 Å². The van der Waals surface area contributed by atoms with Gasteiger partial charge < -0.3 is 15.4 Å². The van der Waals surface area contributed by atoms with Crippen molar-refractivity contribution in [3.8, 4) is 0 Å². The van der Waals surface area contributed by atoms with Crippen molar-refractivity contribution in [3.05, 3.63) is 17.5 Å². The highest BCUT2D eigenvalue weighted by molar-refractivity contribution is 5.95. The lowest BCUT2D eigenvalue weighted by atomic mass is 10.1. The van der Waals surface area contributed by atoms with Crippen LogP contribution in [-0.2, 0) is 22.5 Å². The summed E-state index contributed by atoms with van der Waals surface area (Å²) in [4.78, 5) is 24.0. The second-order valence-electron chi connectivity index (χ2n) is 6.05. The van der Waals surface area contributed by atoms with Gasteiger partial charge in [0.05, 0.1) is 36.6 Å². The number of methoxy groups -OCH3 is 1. The van der Waals surface area contributed by atoms with Crippen molar-refractivity contribution >= 4 is 11.8 Å². The molecule has 3 rings (SSSR count). The zero-order valence-electron chi connectivity index (χ0n) is 12.8. The fraction of sp³-hybridized carbons (Fsp3) is 0.667. The van der Waals surface area contributed by atoms with E-state index in [1.54, 1.807) is 13.3 Å². The summed E-state index contributed by atoms with van der Waals surface area (Å²) >= 11 is 0. The van der Waals surface area contributed by atoms with Crippen molar-refractivity contribution < 1.29 is 14.3 Å². The fourth-order valence-corrected chi connectivity index (χ4v) is 2.81. The first-order valence-corrected chi connectivity index (χ1v) is 7.78. The first kappa shape index (κ1) is 15.0. The fourth-order valence-electron chi connectivity index (χ4n) is 2.81. The van der Waals surface area contributed by atoms with Gasteiger partial charge in [0.15, 0.2) is 0 Å². The molecule has 0 saturated heterocycles. The lowest BCUT2D eigenvalue weighted by Gasteiger charge is -2.11. The second kappa shape index (κ2) is 6.48. The van der Waals surface area contributed by atoms with Crippen LogP contribution in [-0.4, -0.2) is 47.9 Å². The quantitative estimate of drug-likeness (QED) is 0.700. The molecule has 1 aromatic heterocycles. The molecule has 0 aromatic carbocycles. The Bertz CT molecular complexity index is 565. The van der Waals surface area contributed by atoms with Crippen molar-refractivity contribution in [2.24, 2.45) is 5.92 Å². The second-order valence-corrected chi connectivity index (χ2v) is 6.05. The number of fused-ring (bicyclic) bond motifs is 1. The molecular weight excluding hydrogens is 284 g/mol. The Hall–Kier alpha value is -1.89. The number of aromatic nitrogens is 2. The van der Waals surface area contributed by atoms with E-state index in [9.17, 15) is 9.59 Å². The maximum absolute atomic E-state index is 12.1. The number of hydrogen-bond donors (Lipinski definition) is 2. The number of amides is 2. The molecule has 1 atom stereocenters. The molecule has 22 heavy (non-hydrogen) atoms. The van der Waals surface area contributed by atoms with Crippen LogP contribution in [0.2, 0.25) is 0 Å². The molecule has 120 valence electrons. The van der Waals surface area contributed by atoms with Gasteiger partial charge in [-0.05, 0) is 18.8 Å². The van der Waals surface area contributed by atoms with E-state index in [1.807, 2.05) is 4.68 Å². The Morgan fingerprint density at radius 1 is 1.45 bits per heavy atom. The molecular formula is C15H22N4O3. The van der Waals surface area contributed by atoms with E-state index < -0.39 is 0 Å². The Balaban J connectivity index is 1.54. The molecule has 1 fully saturated rings. The highest BCUT2D eigenvalue weighted by Gasteiger charge is 2.30. The molecule has 1 aliphatic carbocycles. The largest absolute Gasteiger partial charge is 0.383 e. The number of nitrogens with zero attached hydrogens (tertiary/aromatic N) is 2. The Kier molecular flexibility index (Phi) is 4.42. The third-order valence-corrected chi connectivity index (χ3v) is 4.15. The zero-order valence-corrected chi connectivity index (χ0v) is 12.8. The molecule has 7 heteroatoms. The normalized spacial score (nSPS) is 19.8. The number of carbonyl (C=O) groups excluding carboxylic acids is 2. The molecule has 0 unspecified atom stereocenters. The predicted octanol–water partition coefficient (Wildman–Crippen LogP) is 0.100. The number of rotatable bonds is 7. The lowest BCUT2D eigenvalue weighted by Crippen LogP contribution is -2.36. The molecule has 0 radical (unpaired) electrons. The Morgan fingerprint density at radius 2 is 2.27 bits per heavy atom. The highest BCUT2D eigenvalue weighted by atomic mass is 16.5. The van der Waals surface area contributed by atoms with Crippen LogP contribution in [0.4, 0.5) is 0 Å². The first-order chi connectivity index (χ1) is 10.7. The number of nitrogens with one attached hydrogen (secondary N) is 2. The first-order valence-electron chi connectivity index (χ1n) is 7.78. The lowest BCUT2D eigenvalue weighted by molar-refractivity contribution is -0.122. The summed E-state index contributed by atoms with van der Waals surface area (Å²) in [6.45, 7) is 1.59. The molecule has 7 nitrogen and oxygen atoms in total. The summed E-state index contributed by atoms with van der Waals surface area (Å²) < 4.78 is 6.73. The van der Waals surface area contributed by atoms with Crippen LogP contribution in [0, 0.1) is 5.92 Å². The van der Waals surface area contributed by atoms with Crippen LogP contribution in [0.25, 0.3) is 0 Å². The third-order valence-electron chi connectivity index (χ3n) is 4.15. The van der Waals surface area contributed by atoms with Gasteiger partial charge in [-0.15, -0.1) is 0 Å². The Labute approximate surface area is 129 Å². The van der Waals surface area contributed by atoms with E-state index >= 15 is 0 Å². The SMILES string of the molecule is COCCNC(=O)c1cnn2c1C[C@H](NC(=O)CC1CC1)C2. The topological polar surface area (TPSA) is 85.2 Å². The van der Waals surface area contributed by atoms with Crippen LogP contribution in [0.5, 0.6) is 0 Å². The molecule has 1 saturated carbocycles. The number of carbonyl (C=O) groups is 2. The van der Waals surface area contributed by atoms with Gasteiger partial charge in [-0.3, -0.25) is 14.3 Å². The van der Waals surface area contributed by atoms with Crippen molar-refractivity contribution in [3.63, 3.8) is 0 Å². The molecule has 0 bridgehead atoms. The van der Waals surface area contributed by atoms with Crippen LogP contribution < -0.4 is 10.6 Å². The standard InChI is InChI=1S/C15H22N4O3/c1-22-5-4-16-15(21)12-8-17-19-9-11(7-13(12)19)18-14(20)6-10-2-3-10/h8,10-11H,2-7,9H2,1H3,(H,16,21)(H,18,20)/t11-/m0/s1. The molecule has 1 aromatic rings. The van der Waals surface area contributed by atoms with Crippen molar-refractivity contribution in [1.82, 2.24) is 20.4 Å². The van der Waals surface area contributed by atoms with Gasteiger partial charge in [0, 0.05) is 26.5 Å². The highest BCUT2D eigenvalue weighted by Crippen LogP contribution is 2.32. The minimum atomic E-state index is -0.136. The molecule has 0 spiro atoms. The molecule has 2 heterocycles. The van der Waals surface area contributed by atoms with Gasteiger partial charge in [-0.2, -0.15) is 5.10 Å². The van der Waals surface area contributed by atoms with E-state index in [4.69, 9.17) is 4.74 Å². The molecule has 2 amide bonds. The summed E-state index contributed by atoms with van der Waals surface area (Å²) in [5.41, 5.74) is 1.49. The van der Waals surface area contributed by atoms with E-state index in [0.29, 0.717) is 44.0 Å². The monoisotopic (exact) mass is 306 g/mol. The summed E-state index contributed by atoms with van der Waals surface area (Å²) in [6.07, 6.45) is 5.23. The zero-order chi connectivity index (χ0) is 15.5. The van der Waals surface area contributed by atoms with Crippen molar-refractivity contribution in [1.29, 1.82) is 0 Å². The van der Waals surface area contributed by atoms with Crippen LogP contribution >= 0.6 is 0 Å². The number of hydrogen-bond acceptors (Lipinski definition) is 4. The minimum absolute atomic E-state index is 0.0421. The molecule has 2 aliphatic rings. The van der Waals surface area contributed by atoms with E-state index in [1.165, 1.54) is 12.8 Å². The van der Waals surface area contributed by atoms with E-state index in [0.717, 1.165) is 5.69 Å². The molecule has 1 aliphatic heterocycles. The average molecular weight is 306 g/mol. The summed E-state index contributed by atoms with van der Waals surface area (Å²) in [5.74, 6) is 0.563. The van der Waals surface area contributed by atoms with Crippen LogP contribution in [0.1, 0.15) is 35.3 Å². The van der Waals surface area contributed by atoms with E-state index in [2.05, 4.69) is 15.7 Å². The van der Waals surface area contributed by atoms with Gasteiger partial charge in [0.2, 0.25) is 5.91 Å².